The first-order valence-corrected chi connectivity index (χ1v) is 2.38. The molecule has 5 heteroatoms. The van der Waals surface area contributed by atoms with Crippen LogP contribution in [0.5, 0.6) is 0 Å². The highest BCUT2D eigenvalue weighted by Crippen LogP contribution is 1.89. The molecular formula is C4H9NO4. The van der Waals surface area contributed by atoms with Crippen LogP contribution in [0.3, 0.4) is 0 Å². The van der Waals surface area contributed by atoms with Crippen LogP contribution in [0, 0.1) is 0 Å². The van der Waals surface area contributed by atoms with Gasteiger partial charge in [0.05, 0.1) is 0 Å². The zero-order valence-corrected chi connectivity index (χ0v) is 4.69. The van der Waals surface area contributed by atoms with Crippen LogP contribution in [0.25, 0.3) is 0 Å². The molecule has 9 heavy (non-hydrogen) atoms. The molecule has 5 nitrogen and oxygen atoms in total. The molecule has 0 aromatic carbocycles. The fourth-order valence-electron chi connectivity index (χ4n) is 0.293. The predicted molar refractivity (Wildman–Crippen MR) is 28.7 cm³/mol. The Morgan fingerprint density at radius 1 is 1.56 bits per heavy atom. The number of carbonyl (C=O) groups is 1. The molecule has 0 saturated carbocycles. The van der Waals surface area contributed by atoms with E-state index >= 15 is 0 Å². The Balaban J connectivity index is 3.72. The molecule has 2 atom stereocenters. The molecule has 0 bridgehead atoms. The van der Waals surface area contributed by atoms with Crippen LogP contribution in [0.4, 0.5) is 0 Å². The Hall–Kier alpha value is -0.650. The lowest BCUT2D eigenvalue weighted by molar-refractivity contribution is -0.152. The molecular weight excluding hydrogens is 126 g/mol. The second kappa shape index (κ2) is 3.39. The van der Waals surface area contributed by atoms with Gasteiger partial charge in [-0.1, -0.05) is 0 Å². The minimum absolute atomic E-state index is 0.256. The molecule has 0 unspecified atom stereocenters. The van der Waals surface area contributed by atoms with Crippen molar-refractivity contribution in [2.75, 3.05) is 6.54 Å². The third kappa shape index (κ3) is 2.41. The van der Waals surface area contributed by atoms with Crippen molar-refractivity contribution in [2.45, 2.75) is 12.2 Å². The number of aliphatic hydroxyl groups excluding tert-OH is 2. The van der Waals surface area contributed by atoms with Gasteiger partial charge in [-0.05, 0) is 0 Å². The summed E-state index contributed by atoms with van der Waals surface area (Å²) in [5.41, 5.74) is 4.84. The summed E-state index contributed by atoms with van der Waals surface area (Å²) in [5, 5.41) is 25.0. The highest BCUT2D eigenvalue weighted by atomic mass is 16.4. The highest BCUT2D eigenvalue weighted by Gasteiger charge is 2.21. The van der Waals surface area contributed by atoms with Crippen molar-refractivity contribution in [3.05, 3.63) is 0 Å². The molecule has 0 aromatic rings. The quantitative estimate of drug-likeness (QED) is 0.350. The zero-order chi connectivity index (χ0) is 7.44. The molecule has 5 N–H and O–H groups in total. The molecule has 0 heterocycles. The van der Waals surface area contributed by atoms with Crippen molar-refractivity contribution in [2.24, 2.45) is 5.73 Å². The first kappa shape index (κ1) is 8.35. The molecule has 0 aliphatic heterocycles. The van der Waals surface area contributed by atoms with Crippen molar-refractivity contribution in [3.8, 4) is 0 Å². The standard InChI is InChI=1S/C4H9NO4/c5-1-2(6)3(7)4(8)9/h2-3,6-7H,1,5H2,(H,8,9)/t2-,3+/m1/s1. The van der Waals surface area contributed by atoms with Crippen molar-refractivity contribution >= 4 is 5.97 Å². The van der Waals surface area contributed by atoms with Gasteiger partial charge in [0.25, 0.3) is 0 Å². The molecule has 0 aliphatic rings. The number of hydrogen-bond acceptors (Lipinski definition) is 4. The Labute approximate surface area is 51.7 Å². The van der Waals surface area contributed by atoms with Crippen LogP contribution in [0.2, 0.25) is 0 Å². The van der Waals surface area contributed by atoms with Crippen molar-refractivity contribution in [1.29, 1.82) is 0 Å². The van der Waals surface area contributed by atoms with Gasteiger partial charge in [0, 0.05) is 6.54 Å². The second-order valence-corrected chi connectivity index (χ2v) is 1.59. The van der Waals surface area contributed by atoms with Crippen molar-refractivity contribution < 1.29 is 20.1 Å². The Morgan fingerprint density at radius 2 is 2.00 bits per heavy atom. The van der Waals surface area contributed by atoms with Gasteiger partial charge in [0.1, 0.15) is 6.10 Å². The first-order valence-electron chi connectivity index (χ1n) is 2.38. The Kier molecular flexibility index (Phi) is 3.15. The maximum atomic E-state index is 9.83. The second-order valence-electron chi connectivity index (χ2n) is 1.59. The number of nitrogens with two attached hydrogens (primary N) is 1. The van der Waals surface area contributed by atoms with Crippen LogP contribution < -0.4 is 5.73 Å². The molecule has 0 fully saturated rings. The first-order chi connectivity index (χ1) is 4.09. The normalized spacial score (nSPS) is 16.8. The summed E-state index contributed by atoms with van der Waals surface area (Å²) in [6, 6.07) is 0. The van der Waals surface area contributed by atoms with Gasteiger partial charge >= 0.3 is 5.97 Å². The molecule has 0 amide bonds. The van der Waals surface area contributed by atoms with Gasteiger partial charge < -0.3 is 21.1 Å². The number of aliphatic carboxylic acids is 1. The van der Waals surface area contributed by atoms with Crippen LogP contribution in [0.1, 0.15) is 0 Å². The van der Waals surface area contributed by atoms with Gasteiger partial charge in [-0.15, -0.1) is 0 Å². The molecule has 0 aliphatic carbocycles. The zero-order valence-electron chi connectivity index (χ0n) is 4.69. The third-order valence-corrected chi connectivity index (χ3v) is 0.859. The van der Waals surface area contributed by atoms with E-state index in [1.807, 2.05) is 0 Å². The molecule has 0 spiro atoms. The smallest absolute Gasteiger partial charge is 0.335 e. The van der Waals surface area contributed by atoms with Crippen LogP contribution in [0.15, 0.2) is 0 Å². The summed E-state index contributed by atoms with van der Waals surface area (Å²) in [6.07, 6.45) is -3.14. The largest absolute Gasteiger partial charge is 0.479 e. The fourth-order valence-corrected chi connectivity index (χ4v) is 0.293. The summed E-state index contributed by atoms with van der Waals surface area (Å²) >= 11 is 0. The van der Waals surface area contributed by atoms with Crippen LogP contribution >= 0.6 is 0 Å². The van der Waals surface area contributed by atoms with Gasteiger partial charge in [-0.3, -0.25) is 0 Å². The van der Waals surface area contributed by atoms with Crippen LogP contribution in [-0.2, 0) is 4.79 Å². The van der Waals surface area contributed by atoms with Crippen LogP contribution in [-0.4, -0.2) is 40.0 Å². The van der Waals surface area contributed by atoms with E-state index in [4.69, 9.17) is 21.1 Å². The number of rotatable bonds is 3. The summed E-state index contributed by atoms with van der Waals surface area (Å²) in [4.78, 5) is 9.83. The minimum atomic E-state index is -1.77. The topological polar surface area (TPSA) is 104 Å². The minimum Gasteiger partial charge on any atom is -0.479 e. The Morgan fingerprint density at radius 3 is 2.11 bits per heavy atom. The van der Waals surface area contributed by atoms with Gasteiger partial charge in [0.2, 0.25) is 0 Å². The Bertz CT molecular complexity index is 105. The predicted octanol–water partition coefficient (Wildman–Crippen LogP) is -2.25. The van der Waals surface area contributed by atoms with E-state index < -0.39 is 18.2 Å². The lowest BCUT2D eigenvalue weighted by Crippen LogP contribution is -2.38. The van der Waals surface area contributed by atoms with E-state index in [0.717, 1.165) is 0 Å². The molecule has 0 radical (unpaired) electrons. The van der Waals surface area contributed by atoms with Gasteiger partial charge in [-0.2, -0.15) is 0 Å². The van der Waals surface area contributed by atoms with E-state index in [-0.39, 0.29) is 6.54 Å². The van der Waals surface area contributed by atoms with E-state index in [1.165, 1.54) is 0 Å². The van der Waals surface area contributed by atoms with E-state index in [2.05, 4.69) is 0 Å². The maximum Gasteiger partial charge on any atom is 0.335 e. The lowest BCUT2D eigenvalue weighted by Gasteiger charge is -2.09. The van der Waals surface area contributed by atoms with E-state index in [9.17, 15) is 4.79 Å². The van der Waals surface area contributed by atoms with Gasteiger partial charge in [0.15, 0.2) is 6.10 Å². The summed E-state index contributed by atoms with van der Waals surface area (Å²) in [6.45, 7) is -0.256. The molecule has 0 saturated heterocycles. The molecule has 54 valence electrons. The monoisotopic (exact) mass is 135 g/mol. The highest BCUT2D eigenvalue weighted by molar-refractivity contribution is 5.72. The third-order valence-electron chi connectivity index (χ3n) is 0.859. The number of carboxylic acids is 1. The summed E-state index contributed by atoms with van der Waals surface area (Å²) < 4.78 is 0. The van der Waals surface area contributed by atoms with Crippen molar-refractivity contribution in [3.63, 3.8) is 0 Å². The molecule has 0 rings (SSSR count). The summed E-state index contributed by atoms with van der Waals surface area (Å²) in [5.74, 6) is -1.46. The van der Waals surface area contributed by atoms with Crippen molar-refractivity contribution in [1.82, 2.24) is 0 Å². The number of hydrogen-bond donors (Lipinski definition) is 4. The van der Waals surface area contributed by atoms with Gasteiger partial charge in [-0.25, -0.2) is 4.79 Å². The fraction of sp³-hybridized carbons (Fsp3) is 0.750. The summed E-state index contributed by atoms with van der Waals surface area (Å²) in [7, 11) is 0. The average Bonchev–Trinajstić information content (AvgIpc) is 1.84. The number of carboxylic acid groups (broad SMARTS) is 1. The average molecular weight is 135 g/mol. The lowest BCUT2D eigenvalue weighted by atomic mass is 10.2. The molecule has 0 aromatic heterocycles. The van der Waals surface area contributed by atoms with E-state index in [0.29, 0.717) is 0 Å². The number of aliphatic hydroxyl groups is 2. The SMILES string of the molecule is NC[C@@H](O)[C@H](O)C(=O)O. The van der Waals surface area contributed by atoms with E-state index in [1.54, 1.807) is 0 Å². The maximum absolute atomic E-state index is 9.83.